The molecule has 3 heterocycles. The molecule has 5 rings (SSSR count). The number of aliphatic hydroxyl groups excluding tert-OH is 1. The third-order valence-electron chi connectivity index (χ3n) is 6.60. The zero-order chi connectivity index (χ0) is 28.8. The van der Waals surface area contributed by atoms with E-state index in [1.807, 2.05) is 18.4 Å². The lowest BCUT2D eigenvalue weighted by atomic mass is 10.0. The Morgan fingerprint density at radius 3 is 2.58 bits per heavy atom. The number of halogens is 4. The summed E-state index contributed by atoms with van der Waals surface area (Å²) in [7, 11) is -5.70. The van der Waals surface area contributed by atoms with Crippen molar-refractivity contribution < 1.29 is 31.1 Å². The second-order valence-corrected chi connectivity index (χ2v) is 11.3. The highest BCUT2D eigenvalue weighted by Crippen LogP contribution is 2.48. The number of hydrogen-bond acceptors (Lipinski definition) is 6. The van der Waals surface area contributed by atoms with Gasteiger partial charge in [0.2, 0.25) is 0 Å². The first-order chi connectivity index (χ1) is 19.0. The number of imidazole rings is 1. The molecule has 2 N–H and O–H groups in total. The van der Waals surface area contributed by atoms with Crippen LogP contribution in [0.2, 0.25) is 5.02 Å². The van der Waals surface area contributed by atoms with Crippen LogP contribution < -0.4 is 4.72 Å². The number of sulfonamides is 1. The molecule has 0 bridgehead atoms. The summed E-state index contributed by atoms with van der Waals surface area (Å²) in [5.41, 5.74) is -1.01. The Morgan fingerprint density at radius 1 is 1.12 bits per heavy atom. The molecule has 2 aliphatic rings. The van der Waals surface area contributed by atoms with E-state index in [1.54, 1.807) is 22.9 Å². The van der Waals surface area contributed by atoms with Gasteiger partial charge in [-0.05, 0) is 48.2 Å². The highest BCUT2D eigenvalue weighted by Gasteiger charge is 2.46. The van der Waals surface area contributed by atoms with Gasteiger partial charge in [0, 0.05) is 23.1 Å². The normalized spacial score (nSPS) is 12.5. The molecular weight excluding hydrogens is 569 g/mol. The predicted molar refractivity (Wildman–Crippen MR) is 146 cm³/mol. The standard InChI is InChI=1S/C27H24ClF3N4O4S/c1-3-6-22-33-25-15(2)11-16(13-36)32-26(25)35(22)12-19-17-9-10-39-14-20(17)24(28)23(19)18-7-4-5-8-21(18)34-40(37,38)27(29,30)31/h4-5,7-11,14,34,36H,3,6,12-13H2,1-2H3. The molecule has 0 atom stereocenters. The number of aromatic nitrogens is 3. The van der Waals surface area contributed by atoms with Crippen LogP contribution in [-0.4, -0.2) is 33.6 Å². The van der Waals surface area contributed by atoms with Crippen molar-refractivity contribution in [2.24, 2.45) is 0 Å². The molecule has 2 aromatic heterocycles. The van der Waals surface area contributed by atoms with Crippen molar-refractivity contribution in [3.63, 3.8) is 0 Å². The number of fused-ring (bicyclic) bond motifs is 2. The van der Waals surface area contributed by atoms with Gasteiger partial charge in [-0.2, -0.15) is 21.6 Å². The van der Waals surface area contributed by atoms with Crippen LogP contribution in [0.25, 0.3) is 33.4 Å². The lowest BCUT2D eigenvalue weighted by Crippen LogP contribution is -2.30. The van der Waals surface area contributed by atoms with Crippen LogP contribution in [0.1, 0.15) is 36.0 Å². The number of hydrogen-bond donors (Lipinski definition) is 2. The molecule has 3 aromatic rings. The van der Waals surface area contributed by atoms with Crippen LogP contribution in [0.15, 0.2) is 53.3 Å². The second-order valence-electron chi connectivity index (χ2n) is 9.27. The highest BCUT2D eigenvalue weighted by molar-refractivity contribution is 7.93. The summed E-state index contributed by atoms with van der Waals surface area (Å²) < 4.78 is 72.8. The first-order valence-corrected chi connectivity index (χ1v) is 14.1. The van der Waals surface area contributed by atoms with Crippen molar-refractivity contribution in [1.82, 2.24) is 14.5 Å². The van der Waals surface area contributed by atoms with Crippen LogP contribution in [-0.2, 0) is 29.6 Å². The molecule has 0 radical (unpaired) electrons. The molecule has 1 aliphatic carbocycles. The molecule has 210 valence electrons. The number of aliphatic hydroxyl groups is 1. The highest BCUT2D eigenvalue weighted by atomic mass is 35.5. The number of benzene rings is 1. The van der Waals surface area contributed by atoms with E-state index in [4.69, 9.17) is 21.0 Å². The van der Waals surface area contributed by atoms with Gasteiger partial charge in [0.1, 0.15) is 11.3 Å². The van der Waals surface area contributed by atoms with Gasteiger partial charge < -0.3 is 14.1 Å². The molecular formula is C27H24ClF3N4O4S. The molecule has 1 aromatic carbocycles. The number of anilines is 1. The van der Waals surface area contributed by atoms with E-state index in [9.17, 15) is 26.7 Å². The molecule has 40 heavy (non-hydrogen) atoms. The number of nitrogens with one attached hydrogen (secondary N) is 1. The van der Waals surface area contributed by atoms with Crippen molar-refractivity contribution >= 4 is 38.5 Å². The van der Waals surface area contributed by atoms with Crippen LogP contribution in [0.4, 0.5) is 18.9 Å². The molecule has 13 heteroatoms. The SMILES string of the molecule is CCCc1nc2c(C)cc(CO)nc2n1Cc1c2ccocc-2c(Cl)c1-c1ccccc1NS(=O)(=O)C(F)(F)F. The summed E-state index contributed by atoms with van der Waals surface area (Å²) in [6.45, 7) is 3.78. The summed E-state index contributed by atoms with van der Waals surface area (Å²) in [6, 6.07) is 9.21. The van der Waals surface area contributed by atoms with Gasteiger partial charge in [0.15, 0.2) is 5.65 Å². The Kier molecular flexibility index (Phi) is 7.28. The Hall–Kier alpha value is -3.61. The smallest absolute Gasteiger partial charge is 0.472 e. The topological polar surface area (TPSA) is 110 Å². The first kappa shape index (κ1) is 27.9. The Bertz CT molecular complexity index is 1800. The van der Waals surface area contributed by atoms with E-state index in [1.165, 1.54) is 30.7 Å². The Balaban J connectivity index is 1.76. The number of alkyl halides is 3. The maximum Gasteiger partial charge on any atom is 0.516 e. The third kappa shape index (κ3) is 4.80. The van der Waals surface area contributed by atoms with E-state index in [0.717, 1.165) is 17.8 Å². The average molecular weight is 593 g/mol. The molecule has 0 spiro atoms. The van der Waals surface area contributed by atoms with Crippen molar-refractivity contribution in [1.29, 1.82) is 0 Å². The lowest BCUT2D eigenvalue weighted by molar-refractivity contribution is -0.0429. The van der Waals surface area contributed by atoms with E-state index >= 15 is 0 Å². The minimum atomic E-state index is -5.70. The van der Waals surface area contributed by atoms with E-state index < -0.39 is 15.5 Å². The molecule has 8 nitrogen and oxygen atoms in total. The number of aryl methyl sites for hydroxylation is 2. The van der Waals surface area contributed by atoms with Crippen LogP contribution in [0, 0.1) is 6.92 Å². The van der Waals surface area contributed by atoms with Crippen molar-refractivity contribution in [3.05, 3.63) is 76.6 Å². The fourth-order valence-corrected chi connectivity index (χ4v) is 5.76. The van der Waals surface area contributed by atoms with Gasteiger partial charge in [-0.3, -0.25) is 4.72 Å². The summed E-state index contributed by atoms with van der Waals surface area (Å²) >= 11 is 6.83. The maximum absolute atomic E-state index is 13.3. The van der Waals surface area contributed by atoms with Gasteiger partial charge in [-0.1, -0.05) is 36.7 Å². The predicted octanol–water partition coefficient (Wildman–Crippen LogP) is 6.51. The van der Waals surface area contributed by atoms with Crippen LogP contribution in [0.3, 0.4) is 0 Å². The number of para-hydroxylation sites is 1. The molecule has 0 unspecified atom stereocenters. The molecule has 0 fully saturated rings. The fraction of sp³-hybridized carbons (Fsp3) is 0.259. The van der Waals surface area contributed by atoms with Gasteiger partial charge >= 0.3 is 15.5 Å². The number of rotatable bonds is 8. The van der Waals surface area contributed by atoms with Gasteiger partial charge in [0.25, 0.3) is 0 Å². The van der Waals surface area contributed by atoms with Crippen molar-refractivity contribution in [3.8, 4) is 22.3 Å². The minimum Gasteiger partial charge on any atom is -0.472 e. The summed E-state index contributed by atoms with van der Waals surface area (Å²) in [5.74, 6) is 0.728. The van der Waals surface area contributed by atoms with Gasteiger partial charge in [-0.25, -0.2) is 9.97 Å². The van der Waals surface area contributed by atoms with E-state index in [-0.39, 0.29) is 29.4 Å². The zero-order valence-corrected chi connectivity index (χ0v) is 23.0. The zero-order valence-electron chi connectivity index (χ0n) is 21.4. The van der Waals surface area contributed by atoms with E-state index in [2.05, 4.69) is 4.98 Å². The quantitative estimate of drug-likeness (QED) is 0.212. The molecule has 1 aliphatic heterocycles. The second kappa shape index (κ2) is 10.4. The van der Waals surface area contributed by atoms with Crippen LogP contribution >= 0.6 is 11.6 Å². The third-order valence-corrected chi connectivity index (χ3v) is 8.09. The summed E-state index contributed by atoms with van der Waals surface area (Å²) in [5, 5.41) is 9.96. The lowest BCUT2D eigenvalue weighted by Gasteiger charge is -2.16. The largest absolute Gasteiger partial charge is 0.516 e. The average Bonchev–Trinajstić information content (AvgIpc) is 3.39. The maximum atomic E-state index is 13.3. The molecule has 0 saturated carbocycles. The van der Waals surface area contributed by atoms with Crippen LogP contribution in [0.5, 0.6) is 0 Å². The van der Waals surface area contributed by atoms with Gasteiger partial charge in [-0.15, -0.1) is 0 Å². The molecule has 0 saturated heterocycles. The number of pyridine rings is 1. The van der Waals surface area contributed by atoms with Crippen molar-refractivity contribution in [2.45, 2.75) is 45.3 Å². The monoisotopic (exact) mass is 592 g/mol. The molecule has 0 amide bonds. The summed E-state index contributed by atoms with van der Waals surface area (Å²) in [4.78, 5) is 9.42. The first-order valence-electron chi connectivity index (χ1n) is 12.3. The minimum absolute atomic E-state index is 0.160. The fourth-order valence-electron chi connectivity index (χ4n) is 4.81. The van der Waals surface area contributed by atoms with E-state index in [0.29, 0.717) is 45.5 Å². The summed E-state index contributed by atoms with van der Waals surface area (Å²) in [6.07, 6.45) is 4.28. The Labute approximate surface area is 232 Å². The van der Waals surface area contributed by atoms with Crippen molar-refractivity contribution in [2.75, 3.05) is 4.72 Å². The Morgan fingerprint density at radius 2 is 1.88 bits per heavy atom. The number of nitrogens with zero attached hydrogens (tertiary/aromatic N) is 3. The van der Waals surface area contributed by atoms with Gasteiger partial charge in [0.05, 0.1) is 42.1 Å².